The fourth-order valence-electron chi connectivity index (χ4n) is 9.09. The van der Waals surface area contributed by atoms with E-state index in [4.69, 9.17) is 4.74 Å². The van der Waals surface area contributed by atoms with Crippen molar-refractivity contribution in [2.24, 2.45) is 46.3 Å². The molecule has 5 aliphatic rings. The highest BCUT2D eigenvalue weighted by Crippen LogP contribution is 2.68. The second-order valence-corrected chi connectivity index (χ2v) is 11.1. The van der Waals surface area contributed by atoms with Gasteiger partial charge >= 0.3 is 5.97 Å². The largest absolute Gasteiger partial charge is 0.465 e. The zero-order valence-corrected chi connectivity index (χ0v) is 17.0. The molecule has 0 aromatic rings. The smallest absolute Gasteiger partial charge is 0.305 e. The summed E-state index contributed by atoms with van der Waals surface area (Å²) in [6.45, 7) is 6.03. The Labute approximate surface area is 159 Å². The molecule has 0 spiro atoms. The Balaban J connectivity index is 1.37. The number of hydrogen-bond donors (Lipinski definition) is 0. The van der Waals surface area contributed by atoms with Crippen LogP contribution in [0.5, 0.6) is 0 Å². The van der Waals surface area contributed by atoms with Gasteiger partial charge in [0.2, 0.25) is 0 Å². The average molecular weight is 359 g/mol. The van der Waals surface area contributed by atoms with Gasteiger partial charge in [0.05, 0.1) is 6.61 Å². The minimum absolute atomic E-state index is 0.0354. The number of rotatable bonds is 1. The van der Waals surface area contributed by atoms with Crippen LogP contribution in [-0.4, -0.2) is 12.6 Å². The van der Waals surface area contributed by atoms with Crippen molar-refractivity contribution in [1.29, 1.82) is 0 Å². The number of hydrogen-bond acceptors (Lipinski definition) is 2. The van der Waals surface area contributed by atoms with E-state index >= 15 is 0 Å². The minimum atomic E-state index is 0.0354. The van der Waals surface area contributed by atoms with Gasteiger partial charge in [0, 0.05) is 6.42 Å². The van der Waals surface area contributed by atoms with Crippen LogP contribution in [0.2, 0.25) is 0 Å². The number of carbonyl (C=O) groups is 1. The van der Waals surface area contributed by atoms with Crippen molar-refractivity contribution in [3.8, 4) is 0 Å². The van der Waals surface area contributed by atoms with E-state index in [1.807, 2.05) is 0 Å². The summed E-state index contributed by atoms with van der Waals surface area (Å²) in [5.74, 6) is 5.44. The molecule has 5 fully saturated rings. The number of fused-ring (bicyclic) bond motifs is 5. The van der Waals surface area contributed by atoms with Crippen LogP contribution in [0, 0.1) is 46.3 Å². The number of ether oxygens (including phenoxy) is 1. The first-order valence-corrected chi connectivity index (χ1v) is 11.7. The molecule has 2 nitrogen and oxygen atoms in total. The first-order valence-electron chi connectivity index (χ1n) is 11.7. The zero-order valence-electron chi connectivity index (χ0n) is 17.0. The molecule has 2 heteroatoms. The van der Waals surface area contributed by atoms with E-state index in [2.05, 4.69) is 13.8 Å². The lowest BCUT2D eigenvalue weighted by atomic mass is 9.44. The SMILES string of the molecule is C[C@]12CC[C@H]3[C@@H](CCC4CCCC[C@@]43C)[C@H]1CC[C@@H]2C1CCC(=O)OC1. The average Bonchev–Trinajstić information content (AvgIpc) is 2.99. The topological polar surface area (TPSA) is 26.3 Å². The van der Waals surface area contributed by atoms with Gasteiger partial charge in [-0.15, -0.1) is 0 Å². The van der Waals surface area contributed by atoms with Crippen LogP contribution in [-0.2, 0) is 9.53 Å². The van der Waals surface area contributed by atoms with Crippen LogP contribution < -0.4 is 0 Å². The second kappa shape index (κ2) is 6.24. The number of cyclic esters (lactones) is 1. The third kappa shape index (κ3) is 2.46. The Morgan fingerprint density at radius 1 is 0.808 bits per heavy atom. The molecule has 26 heavy (non-hydrogen) atoms. The van der Waals surface area contributed by atoms with E-state index in [1.165, 1.54) is 64.2 Å². The summed E-state index contributed by atoms with van der Waals surface area (Å²) in [6, 6.07) is 0. The lowest BCUT2D eigenvalue weighted by Gasteiger charge is -2.61. The summed E-state index contributed by atoms with van der Waals surface area (Å²) < 4.78 is 5.48. The molecule has 4 saturated carbocycles. The van der Waals surface area contributed by atoms with E-state index in [-0.39, 0.29) is 5.97 Å². The Morgan fingerprint density at radius 3 is 2.42 bits per heavy atom. The molecule has 0 amide bonds. The third-order valence-electron chi connectivity index (χ3n) is 10.4. The molecule has 0 aromatic carbocycles. The summed E-state index contributed by atoms with van der Waals surface area (Å²) in [7, 11) is 0. The van der Waals surface area contributed by atoms with Crippen molar-refractivity contribution in [3.05, 3.63) is 0 Å². The fraction of sp³-hybridized carbons (Fsp3) is 0.958. The summed E-state index contributed by atoms with van der Waals surface area (Å²) in [5.41, 5.74) is 1.17. The van der Waals surface area contributed by atoms with E-state index in [1.54, 1.807) is 0 Å². The minimum Gasteiger partial charge on any atom is -0.465 e. The molecule has 146 valence electrons. The molecule has 4 aliphatic carbocycles. The highest BCUT2D eigenvalue weighted by molar-refractivity contribution is 5.69. The molecule has 0 radical (unpaired) electrons. The van der Waals surface area contributed by atoms with Gasteiger partial charge in [-0.3, -0.25) is 4.79 Å². The maximum Gasteiger partial charge on any atom is 0.305 e. The molecule has 1 aliphatic heterocycles. The molecule has 1 heterocycles. The molecule has 0 N–H and O–H groups in total. The number of esters is 1. The zero-order chi connectivity index (χ0) is 17.9. The monoisotopic (exact) mass is 358 g/mol. The quantitative estimate of drug-likeness (QED) is 0.538. The van der Waals surface area contributed by atoms with Crippen LogP contribution in [0.4, 0.5) is 0 Å². The van der Waals surface area contributed by atoms with Gasteiger partial charge in [0.1, 0.15) is 0 Å². The molecule has 1 saturated heterocycles. The molecule has 2 unspecified atom stereocenters. The van der Waals surface area contributed by atoms with E-state index < -0.39 is 0 Å². The van der Waals surface area contributed by atoms with Gasteiger partial charge in [-0.1, -0.05) is 26.7 Å². The van der Waals surface area contributed by atoms with Crippen molar-refractivity contribution in [2.45, 2.75) is 90.9 Å². The van der Waals surface area contributed by atoms with Gasteiger partial charge < -0.3 is 4.74 Å². The first kappa shape index (κ1) is 17.6. The van der Waals surface area contributed by atoms with Crippen LogP contribution in [0.1, 0.15) is 90.9 Å². The van der Waals surface area contributed by atoms with Gasteiger partial charge in [0.25, 0.3) is 0 Å². The van der Waals surface area contributed by atoms with Gasteiger partial charge in [-0.25, -0.2) is 0 Å². The maximum atomic E-state index is 11.5. The maximum absolute atomic E-state index is 11.5. The summed E-state index contributed by atoms with van der Waals surface area (Å²) in [5, 5.41) is 0. The summed E-state index contributed by atoms with van der Waals surface area (Å²) >= 11 is 0. The lowest BCUT2D eigenvalue weighted by Crippen LogP contribution is -2.53. The lowest BCUT2D eigenvalue weighted by molar-refractivity contribution is -0.154. The fourth-order valence-corrected chi connectivity index (χ4v) is 9.09. The van der Waals surface area contributed by atoms with E-state index in [9.17, 15) is 4.79 Å². The molecule has 0 aromatic heterocycles. The van der Waals surface area contributed by atoms with Crippen molar-refractivity contribution < 1.29 is 9.53 Å². The predicted molar refractivity (Wildman–Crippen MR) is 104 cm³/mol. The first-order chi connectivity index (χ1) is 12.5. The Morgan fingerprint density at radius 2 is 1.62 bits per heavy atom. The van der Waals surface area contributed by atoms with Crippen LogP contribution >= 0.6 is 0 Å². The van der Waals surface area contributed by atoms with Gasteiger partial charge in [0.15, 0.2) is 0 Å². The highest BCUT2D eigenvalue weighted by atomic mass is 16.5. The van der Waals surface area contributed by atoms with Crippen molar-refractivity contribution in [2.75, 3.05) is 6.61 Å². The summed E-state index contributed by atoms with van der Waals surface area (Å²) in [6.07, 6.45) is 16.5. The normalized spacial score (nSPS) is 54.0. The summed E-state index contributed by atoms with van der Waals surface area (Å²) in [4.78, 5) is 11.5. The van der Waals surface area contributed by atoms with E-state index in [0.717, 1.165) is 36.0 Å². The molecule has 8 atom stereocenters. The van der Waals surface area contributed by atoms with Crippen molar-refractivity contribution in [1.82, 2.24) is 0 Å². The second-order valence-electron chi connectivity index (χ2n) is 11.1. The standard InChI is InChI=1S/C24H38O2/c1-23-13-4-3-5-17(23)7-8-18-20-10-9-19(16-6-11-22(25)26-15-16)24(20,2)14-12-21(18)23/h16-21H,3-15H2,1-2H3/t16?,17?,18-,19+,20+,21-,23-,24+/m0/s1. The van der Waals surface area contributed by atoms with Crippen LogP contribution in [0.25, 0.3) is 0 Å². The Kier molecular flexibility index (Phi) is 4.22. The predicted octanol–water partition coefficient (Wildman–Crippen LogP) is 5.99. The Hall–Kier alpha value is -0.530. The molecular formula is C24H38O2. The van der Waals surface area contributed by atoms with E-state index in [0.29, 0.717) is 29.8 Å². The molecule has 0 bridgehead atoms. The number of carbonyl (C=O) groups excluding carboxylic acids is 1. The van der Waals surface area contributed by atoms with Crippen molar-refractivity contribution >= 4 is 5.97 Å². The van der Waals surface area contributed by atoms with Crippen LogP contribution in [0.3, 0.4) is 0 Å². The molecular weight excluding hydrogens is 320 g/mol. The van der Waals surface area contributed by atoms with Crippen molar-refractivity contribution in [3.63, 3.8) is 0 Å². The third-order valence-corrected chi connectivity index (χ3v) is 10.4. The van der Waals surface area contributed by atoms with Gasteiger partial charge in [-0.05, 0) is 104 Å². The highest BCUT2D eigenvalue weighted by Gasteiger charge is 2.60. The molecule has 5 rings (SSSR count). The Bertz CT molecular complexity index is 561. The van der Waals surface area contributed by atoms with Gasteiger partial charge in [-0.2, -0.15) is 0 Å². The van der Waals surface area contributed by atoms with Crippen LogP contribution in [0.15, 0.2) is 0 Å².